The first-order chi connectivity index (χ1) is 4.37. The Balaban J connectivity index is -0.000000114. The zero-order valence-electron chi connectivity index (χ0n) is 4.94. The second-order valence-corrected chi connectivity index (χ2v) is 0.860. The molecule has 0 atom stereocenters. The third-order valence-electron chi connectivity index (χ3n) is 0.183. The van der Waals surface area contributed by atoms with Gasteiger partial charge in [0.2, 0.25) is 0 Å². The van der Waals surface area contributed by atoms with Gasteiger partial charge in [0.1, 0.15) is 0 Å². The van der Waals surface area contributed by atoms with Crippen LogP contribution in [0.1, 0.15) is 0 Å². The van der Waals surface area contributed by atoms with Crippen molar-refractivity contribution in [3.05, 3.63) is 0 Å². The minimum absolute atomic E-state index is 0. The summed E-state index contributed by atoms with van der Waals surface area (Å²) in [5.41, 5.74) is 0. The first kappa shape index (κ1) is 16.9. The van der Waals surface area contributed by atoms with Crippen molar-refractivity contribution in [1.29, 1.82) is 0 Å². The maximum absolute atomic E-state index is 9.10. The summed E-state index contributed by atoms with van der Waals surface area (Å²) in [6, 6.07) is 0. The molecule has 11 heavy (non-hydrogen) atoms. The van der Waals surface area contributed by atoms with Gasteiger partial charge in [-0.05, 0) is 6.16 Å². The van der Waals surface area contributed by atoms with Gasteiger partial charge in [0.15, 0.2) is 0 Å². The van der Waals surface area contributed by atoms with Crippen LogP contribution in [0.25, 0.3) is 0 Å². The molecule has 0 spiro atoms. The van der Waals surface area contributed by atoms with E-state index in [4.69, 9.17) is 34.8 Å². The number of hydrogen-bond acceptors (Lipinski definition) is 5. The topological polar surface area (TPSA) is 138 Å². The average molecular weight is 290 g/mol. The fourth-order valence-electron chi connectivity index (χ4n) is 0. The molecule has 0 aliphatic heterocycles. The third kappa shape index (κ3) is 42.9. The molecule has 62 valence electrons. The Bertz CT molecular complexity index is 136. The number of carbonyl (C=O) groups is 3. The van der Waals surface area contributed by atoms with Crippen LogP contribution in [0.3, 0.4) is 0 Å². The number of carboxylic acids is 2. The molecule has 0 radical (unpaired) electrons. The maximum atomic E-state index is 9.10. The summed E-state index contributed by atoms with van der Waals surface area (Å²) >= 11 is 0. The Morgan fingerprint density at radius 2 is 1.00 bits per heavy atom. The van der Waals surface area contributed by atoms with E-state index in [2.05, 4.69) is 0 Å². The molecule has 0 aromatic carbocycles. The van der Waals surface area contributed by atoms with E-state index in [9.17, 15) is 0 Å². The van der Waals surface area contributed by atoms with Crippen molar-refractivity contribution in [3.8, 4) is 0 Å². The van der Waals surface area contributed by atoms with Gasteiger partial charge in [-0.1, -0.05) is 0 Å². The van der Waals surface area contributed by atoms with E-state index in [1.807, 2.05) is 0 Å². The minimum Gasteiger partial charge on any atom is -0.652 e. The van der Waals surface area contributed by atoms with Crippen molar-refractivity contribution in [3.63, 3.8) is 0 Å². The Labute approximate surface area is 94.0 Å². The fourth-order valence-corrected chi connectivity index (χ4v) is 0. The Kier molecular flexibility index (Phi) is 14.7. The van der Waals surface area contributed by atoms with E-state index in [1.54, 1.807) is 0 Å². The summed E-state index contributed by atoms with van der Waals surface area (Å²) in [5, 5.41) is 31.4. The first-order valence-electron chi connectivity index (χ1n) is 1.72. The van der Waals surface area contributed by atoms with Gasteiger partial charge in [0, 0.05) is 41.7 Å². The molecule has 0 saturated carbocycles. The molecule has 0 unspecified atom stereocenters. The Morgan fingerprint density at radius 1 is 0.909 bits per heavy atom. The van der Waals surface area contributed by atoms with Gasteiger partial charge in [-0.3, -0.25) is 0 Å². The summed E-state index contributed by atoms with van der Waals surface area (Å²) in [7, 11) is 0. The second kappa shape index (κ2) is 9.59. The SMILES string of the molecule is O=C(O)C(=O)O.O=C([O-])[O-].[Ce]. The molecule has 0 aromatic heterocycles. The number of carboxylic acid groups (broad SMARTS) is 4. The predicted molar refractivity (Wildman–Crippen MR) is 20.7 cm³/mol. The van der Waals surface area contributed by atoms with Crippen molar-refractivity contribution in [2.24, 2.45) is 0 Å². The number of rotatable bonds is 0. The van der Waals surface area contributed by atoms with Crippen LogP contribution in [0, 0.1) is 41.7 Å². The monoisotopic (exact) mass is 290 g/mol. The second-order valence-electron chi connectivity index (χ2n) is 0.860. The normalized spacial score (nSPS) is 6.18. The maximum Gasteiger partial charge on any atom is 0.414 e. The van der Waals surface area contributed by atoms with Gasteiger partial charge in [-0.2, -0.15) is 0 Å². The summed E-state index contributed by atoms with van der Waals surface area (Å²) in [6.07, 6.45) is -2.33. The number of carbonyl (C=O) groups excluding carboxylic acids is 1. The zero-order valence-corrected chi connectivity index (χ0v) is 8.08. The van der Waals surface area contributed by atoms with Crippen molar-refractivity contribution in [2.75, 3.05) is 0 Å². The van der Waals surface area contributed by atoms with Crippen LogP contribution >= 0.6 is 0 Å². The molecule has 8 heteroatoms. The average Bonchev–Trinajstić information content (AvgIpc) is 1.63. The van der Waals surface area contributed by atoms with Crippen LogP contribution in [0.2, 0.25) is 0 Å². The van der Waals surface area contributed by atoms with E-state index in [0.717, 1.165) is 0 Å². The summed E-state index contributed by atoms with van der Waals surface area (Å²) < 4.78 is 0. The molecular weight excluding hydrogens is 288 g/mol. The molecule has 0 amide bonds. The molecule has 0 rings (SSSR count). The van der Waals surface area contributed by atoms with E-state index in [1.165, 1.54) is 0 Å². The number of hydrogen-bond donors (Lipinski definition) is 2. The van der Waals surface area contributed by atoms with E-state index >= 15 is 0 Å². The standard InChI is InChI=1S/C2H2O4.CH2O3.Ce/c3-1(4)2(5)6;2-1(3)4;/h(H,3,4)(H,5,6);(H2,2,3,4);/p-2. The van der Waals surface area contributed by atoms with Crippen LogP contribution in [0.15, 0.2) is 0 Å². The molecule has 7 nitrogen and oxygen atoms in total. The molecule has 0 fully saturated rings. The Hall–Kier alpha value is -0.413. The van der Waals surface area contributed by atoms with Crippen molar-refractivity contribution in [1.82, 2.24) is 0 Å². The van der Waals surface area contributed by atoms with Crippen LogP contribution in [-0.4, -0.2) is 28.3 Å². The Morgan fingerprint density at radius 3 is 1.00 bits per heavy atom. The molecule has 0 heterocycles. The van der Waals surface area contributed by atoms with Gasteiger partial charge in [-0.25, -0.2) is 9.59 Å². The minimum atomic E-state index is -2.33. The molecule has 0 saturated heterocycles. The van der Waals surface area contributed by atoms with Gasteiger partial charge in [0.05, 0.1) is 0 Å². The van der Waals surface area contributed by atoms with Crippen LogP contribution < -0.4 is 10.2 Å². The largest absolute Gasteiger partial charge is 0.652 e. The molecular formula is C3H2CeO7-2. The van der Waals surface area contributed by atoms with Gasteiger partial charge >= 0.3 is 11.9 Å². The zero-order chi connectivity index (χ0) is 8.73. The van der Waals surface area contributed by atoms with Crippen molar-refractivity contribution in [2.45, 2.75) is 0 Å². The molecule has 2 N–H and O–H groups in total. The first-order valence-corrected chi connectivity index (χ1v) is 1.72. The molecule has 0 aromatic rings. The summed E-state index contributed by atoms with van der Waals surface area (Å²) in [4.78, 5) is 26.5. The van der Waals surface area contributed by atoms with E-state index in [0.29, 0.717) is 0 Å². The van der Waals surface area contributed by atoms with Crippen molar-refractivity contribution >= 4 is 18.1 Å². The summed E-state index contributed by atoms with van der Waals surface area (Å²) in [5.74, 6) is -3.65. The fraction of sp³-hybridized carbons (Fsp3) is 0. The van der Waals surface area contributed by atoms with E-state index < -0.39 is 18.1 Å². The van der Waals surface area contributed by atoms with Crippen LogP contribution in [0.5, 0.6) is 0 Å². The summed E-state index contributed by atoms with van der Waals surface area (Å²) in [6.45, 7) is 0. The smallest absolute Gasteiger partial charge is 0.414 e. The van der Waals surface area contributed by atoms with Gasteiger partial charge in [0.25, 0.3) is 0 Å². The molecule has 0 aliphatic rings. The van der Waals surface area contributed by atoms with Gasteiger partial charge < -0.3 is 25.2 Å². The number of aliphatic carboxylic acids is 2. The van der Waals surface area contributed by atoms with Gasteiger partial charge in [-0.15, -0.1) is 0 Å². The van der Waals surface area contributed by atoms with Crippen molar-refractivity contribution < 1.29 is 76.6 Å². The quantitative estimate of drug-likeness (QED) is 0.446. The molecule has 0 aliphatic carbocycles. The van der Waals surface area contributed by atoms with Crippen LogP contribution in [0.4, 0.5) is 4.79 Å². The predicted octanol–water partition coefficient (Wildman–Crippen LogP) is -3.29. The molecule has 0 bridgehead atoms. The third-order valence-corrected chi connectivity index (χ3v) is 0.183. The van der Waals surface area contributed by atoms with E-state index in [-0.39, 0.29) is 41.7 Å². The van der Waals surface area contributed by atoms with Crippen LogP contribution in [-0.2, 0) is 9.59 Å².